The van der Waals surface area contributed by atoms with Crippen molar-refractivity contribution < 1.29 is 4.79 Å². The van der Waals surface area contributed by atoms with Gasteiger partial charge in [-0.15, -0.1) is 0 Å². The van der Waals surface area contributed by atoms with E-state index in [1.54, 1.807) is 6.92 Å². The molecule has 1 fully saturated rings. The molecule has 15 heavy (non-hydrogen) atoms. The number of hydrogen-bond donors (Lipinski definition) is 0. The van der Waals surface area contributed by atoms with Gasteiger partial charge in [-0.05, 0) is 49.1 Å². The van der Waals surface area contributed by atoms with Gasteiger partial charge in [-0.25, -0.2) is 0 Å². The van der Waals surface area contributed by atoms with Gasteiger partial charge in [-0.3, -0.25) is 4.79 Å². The summed E-state index contributed by atoms with van der Waals surface area (Å²) in [5.41, 5.74) is 2.67. The van der Waals surface area contributed by atoms with E-state index in [4.69, 9.17) is 0 Å². The molecule has 0 aromatic carbocycles. The van der Waals surface area contributed by atoms with Gasteiger partial charge in [0.1, 0.15) is 0 Å². The topological polar surface area (TPSA) is 17.1 Å². The summed E-state index contributed by atoms with van der Waals surface area (Å²) in [7, 11) is 0. The summed E-state index contributed by atoms with van der Waals surface area (Å²) in [4.78, 5) is 13.7. The average molecular weight is 269 g/mol. The molecule has 2 aliphatic rings. The molecule has 2 heteroatoms. The summed E-state index contributed by atoms with van der Waals surface area (Å²) >= 11 is 3.46. The number of hydrogen-bond acceptors (Lipinski definition) is 1. The van der Waals surface area contributed by atoms with E-state index in [9.17, 15) is 4.79 Å². The Morgan fingerprint density at radius 1 is 1.67 bits per heavy atom. The minimum Gasteiger partial charge on any atom is -0.295 e. The molecule has 82 valence electrons. The van der Waals surface area contributed by atoms with Crippen LogP contribution in [0.4, 0.5) is 0 Å². The SMILES string of the molecule is CC(=O)C1=CCC2C(=CBr)CCC[C@]12C. The van der Waals surface area contributed by atoms with E-state index in [0.717, 1.165) is 18.4 Å². The number of halogens is 1. The summed E-state index contributed by atoms with van der Waals surface area (Å²) < 4.78 is 0. The zero-order valence-electron chi connectivity index (χ0n) is 9.35. The third-order valence-corrected chi connectivity index (χ3v) is 4.66. The van der Waals surface area contributed by atoms with Gasteiger partial charge in [0.05, 0.1) is 0 Å². The van der Waals surface area contributed by atoms with Crippen molar-refractivity contribution in [3.63, 3.8) is 0 Å². The predicted octanol–water partition coefficient (Wildman–Crippen LogP) is 3.99. The van der Waals surface area contributed by atoms with E-state index in [0.29, 0.717) is 5.92 Å². The Morgan fingerprint density at radius 3 is 3.00 bits per heavy atom. The lowest BCUT2D eigenvalue weighted by Crippen LogP contribution is -2.32. The molecule has 2 aliphatic carbocycles. The van der Waals surface area contributed by atoms with Crippen LogP contribution in [0.25, 0.3) is 0 Å². The predicted molar refractivity (Wildman–Crippen MR) is 65.8 cm³/mol. The molecule has 1 unspecified atom stereocenters. The van der Waals surface area contributed by atoms with Gasteiger partial charge in [0, 0.05) is 5.41 Å². The first-order valence-electron chi connectivity index (χ1n) is 5.60. The zero-order valence-corrected chi connectivity index (χ0v) is 10.9. The fourth-order valence-electron chi connectivity index (χ4n) is 3.30. The summed E-state index contributed by atoms with van der Waals surface area (Å²) in [6, 6.07) is 0. The number of ketones is 1. The Bertz CT molecular complexity index is 354. The van der Waals surface area contributed by atoms with Crippen LogP contribution >= 0.6 is 15.9 Å². The highest BCUT2D eigenvalue weighted by atomic mass is 79.9. The van der Waals surface area contributed by atoms with Crippen molar-refractivity contribution in [1.29, 1.82) is 0 Å². The van der Waals surface area contributed by atoms with E-state index < -0.39 is 0 Å². The number of allylic oxidation sites excluding steroid dienone is 3. The van der Waals surface area contributed by atoms with Gasteiger partial charge >= 0.3 is 0 Å². The van der Waals surface area contributed by atoms with E-state index in [-0.39, 0.29) is 11.2 Å². The lowest BCUT2D eigenvalue weighted by Gasteiger charge is -2.40. The van der Waals surface area contributed by atoms with E-state index in [2.05, 4.69) is 33.9 Å². The summed E-state index contributed by atoms with van der Waals surface area (Å²) in [5, 5.41) is 0. The van der Waals surface area contributed by atoms with Crippen LogP contribution in [0.2, 0.25) is 0 Å². The summed E-state index contributed by atoms with van der Waals surface area (Å²) in [6.45, 7) is 3.96. The number of Topliss-reactive ketones (excluding diaryl/α,β-unsaturated/α-hetero) is 1. The Morgan fingerprint density at radius 2 is 2.40 bits per heavy atom. The maximum absolute atomic E-state index is 11.6. The monoisotopic (exact) mass is 268 g/mol. The molecular formula is C13H17BrO. The maximum atomic E-state index is 11.6. The van der Waals surface area contributed by atoms with Crippen molar-refractivity contribution in [2.75, 3.05) is 0 Å². The van der Waals surface area contributed by atoms with Crippen molar-refractivity contribution in [2.45, 2.75) is 39.5 Å². The third-order valence-electron chi connectivity index (χ3n) is 4.07. The van der Waals surface area contributed by atoms with Crippen molar-refractivity contribution >= 4 is 21.7 Å². The van der Waals surface area contributed by atoms with Crippen molar-refractivity contribution in [3.05, 3.63) is 22.2 Å². The Balaban J connectivity index is 2.36. The quantitative estimate of drug-likeness (QED) is 0.703. The molecule has 0 amide bonds. The molecule has 0 bridgehead atoms. The van der Waals surface area contributed by atoms with Gasteiger partial charge in [0.15, 0.2) is 5.78 Å². The van der Waals surface area contributed by atoms with Gasteiger partial charge in [0.2, 0.25) is 0 Å². The van der Waals surface area contributed by atoms with Crippen LogP contribution in [0.3, 0.4) is 0 Å². The number of rotatable bonds is 1. The molecule has 0 saturated heterocycles. The molecule has 1 saturated carbocycles. The fourth-order valence-corrected chi connectivity index (χ4v) is 3.84. The molecule has 2 rings (SSSR count). The number of carbonyl (C=O) groups is 1. The minimum absolute atomic E-state index is 0.115. The lowest BCUT2D eigenvalue weighted by atomic mass is 9.64. The Labute approximate surface area is 99.8 Å². The van der Waals surface area contributed by atoms with Crippen LogP contribution in [0.5, 0.6) is 0 Å². The van der Waals surface area contributed by atoms with E-state index >= 15 is 0 Å². The molecule has 1 nitrogen and oxygen atoms in total. The molecule has 2 atom stereocenters. The zero-order chi connectivity index (χ0) is 11.1. The number of carbonyl (C=O) groups excluding carboxylic acids is 1. The first-order valence-corrected chi connectivity index (χ1v) is 6.52. The Hall–Kier alpha value is -0.370. The highest BCUT2D eigenvalue weighted by Gasteiger charge is 2.45. The average Bonchev–Trinajstić information content (AvgIpc) is 2.54. The van der Waals surface area contributed by atoms with Crippen LogP contribution in [-0.2, 0) is 4.79 Å². The maximum Gasteiger partial charge on any atom is 0.156 e. The van der Waals surface area contributed by atoms with Crippen LogP contribution in [-0.4, -0.2) is 5.78 Å². The molecule has 0 N–H and O–H groups in total. The molecule has 0 aromatic heterocycles. The molecule has 0 radical (unpaired) electrons. The fraction of sp³-hybridized carbons (Fsp3) is 0.615. The minimum atomic E-state index is 0.115. The van der Waals surface area contributed by atoms with Crippen molar-refractivity contribution in [1.82, 2.24) is 0 Å². The molecular weight excluding hydrogens is 252 g/mol. The molecule has 0 heterocycles. The van der Waals surface area contributed by atoms with Gasteiger partial charge in [0.25, 0.3) is 0 Å². The summed E-state index contributed by atoms with van der Waals surface area (Å²) in [6.07, 6.45) is 6.75. The molecule has 0 aliphatic heterocycles. The number of fused-ring (bicyclic) bond motifs is 1. The smallest absolute Gasteiger partial charge is 0.156 e. The van der Waals surface area contributed by atoms with Crippen LogP contribution in [0, 0.1) is 11.3 Å². The van der Waals surface area contributed by atoms with Crippen LogP contribution < -0.4 is 0 Å². The van der Waals surface area contributed by atoms with Crippen LogP contribution in [0.1, 0.15) is 39.5 Å². The summed E-state index contributed by atoms with van der Waals surface area (Å²) in [5.74, 6) is 0.820. The first-order chi connectivity index (χ1) is 7.09. The Kier molecular flexibility index (Phi) is 2.89. The van der Waals surface area contributed by atoms with Crippen LogP contribution in [0.15, 0.2) is 22.2 Å². The normalized spacial score (nSPS) is 37.7. The third kappa shape index (κ3) is 1.63. The standard InChI is InChI=1S/C13H17BrO/c1-9(15)11-5-6-12-10(8-14)4-3-7-13(11,12)2/h5,8,12H,3-4,6-7H2,1-2H3/t12?,13-/m1/s1. The second-order valence-corrected chi connectivity index (χ2v) is 5.38. The lowest BCUT2D eigenvalue weighted by molar-refractivity contribution is -0.114. The second-order valence-electron chi connectivity index (χ2n) is 4.92. The van der Waals surface area contributed by atoms with Gasteiger partial charge in [-0.2, -0.15) is 0 Å². The van der Waals surface area contributed by atoms with Gasteiger partial charge in [-0.1, -0.05) is 34.5 Å². The highest BCUT2D eigenvalue weighted by molar-refractivity contribution is 9.11. The second kappa shape index (κ2) is 3.89. The molecule has 0 aromatic rings. The van der Waals surface area contributed by atoms with Crippen molar-refractivity contribution in [3.8, 4) is 0 Å². The van der Waals surface area contributed by atoms with Crippen molar-refractivity contribution in [2.24, 2.45) is 11.3 Å². The van der Waals surface area contributed by atoms with E-state index in [1.807, 2.05) is 0 Å². The first kappa shape index (κ1) is 11.1. The largest absolute Gasteiger partial charge is 0.295 e. The molecule has 0 spiro atoms. The van der Waals surface area contributed by atoms with Gasteiger partial charge < -0.3 is 0 Å². The highest BCUT2D eigenvalue weighted by Crippen LogP contribution is 2.54. The van der Waals surface area contributed by atoms with E-state index in [1.165, 1.54) is 18.4 Å².